The van der Waals surface area contributed by atoms with Gasteiger partial charge in [-0.3, -0.25) is 5.32 Å². The Labute approximate surface area is 111 Å². The van der Waals surface area contributed by atoms with Crippen molar-refractivity contribution in [3.8, 4) is 0 Å². The third-order valence-electron chi connectivity index (χ3n) is 3.31. The second-order valence-electron chi connectivity index (χ2n) is 4.21. The third-order valence-corrected chi connectivity index (χ3v) is 4.09. The first kappa shape index (κ1) is 13.3. The van der Waals surface area contributed by atoms with E-state index in [-0.39, 0.29) is 6.03 Å². The first-order valence-corrected chi connectivity index (χ1v) is 6.77. The van der Waals surface area contributed by atoms with Crippen LogP contribution in [0.3, 0.4) is 0 Å². The van der Waals surface area contributed by atoms with Crippen LogP contribution in [0.5, 0.6) is 0 Å². The lowest BCUT2D eigenvalue weighted by molar-refractivity contribution is -0.226. The molecule has 1 aliphatic rings. The first-order valence-electron chi connectivity index (χ1n) is 5.89. The molecule has 0 spiro atoms. The Hall–Kier alpha value is -1.11. The van der Waals surface area contributed by atoms with E-state index in [4.69, 9.17) is 9.47 Å². The number of ether oxygens (including phenoxy) is 2. The zero-order valence-corrected chi connectivity index (χ0v) is 11.5. The van der Waals surface area contributed by atoms with Gasteiger partial charge in [0.25, 0.3) is 0 Å². The molecule has 1 fully saturated rings. The Balaban J connectivity index is 1.87. The van der Waals surface area contributed by atoms with Crippen molar-refractivity contribution in [2.24, 2.45) is 0 Å². The Kier molecular flexibility index (Phi) is 4.21. The first-order chi connectivity index (χ1) is 8.69. The number of thiophene rings is 1. The highest BCUT2D eigenvalue weighted by Crippen LogP contribution is 2.27. The van der Waals surface area contributed by atoms with Gasteiger partial charge in [-0.05, 0) is 17.5 Å². The minimum absolute atomic E-state index is 0.0572. The van der Waals surface area contributed by atoms with Crippen molar-refractivity contribution in [1.82, 2.24) is 4.90 Å². The summed E-state index contributed by atoms with van der Waals surface area (Å²) in [5, 5.41) is 5.69. The van der Waals surface area contributed by atoms with Gasteiger partial charge in [0, 0.05) is 40.2 Å². The van der Waals surface area contributed by atoms with Crippen LogP contribution in [0.2, 0.25) is 0 Å². The van der Waals surface area contributed by atoms with Crippen molar-refractivity contribution >= 4 is 22.4 Å². The zero-order chi connectivity index (χ0) is 13.0. The van der Waals surface area contributed by atoms with Crippen LogP contribution in [-0.2, 0) is 9.47 Å². The van der Waals surface area contributed by atoms with Crippen molar-refractivity contribution < 1.29 is 14.3 Å². The Morgan fingerprint density at radius 1 is 1.39 bits per heavy atom. The Morgan fingerprint density at radius 2 is 2.06 bits per heavy atom. The summed E-state index contributed by atoms with van der Waals surface area (Å²) >= 11 is 1.52. The molecule has 2 heterocycles. The number of nitrogens with zero attached hydrogens (tertiary/aromatic N) is 1. The van der Waals surface area contributed by atoms with Crippen LogP contribution in [0.25, 0.3) is 0 Å². The van der Waals surface area contributed by atoms with Gasteiger partial charge >= 0.3 is 6.03 Å². The summed E-state index contributed by atoms with van der Waals surface area (Å²) in [6, 6.07) is 3.75. The fraction of sp³-hybridized carbons (Fsp3) is 0.583. The number of urea groups is 1. The van der Waals surface area contributed by atoms with Crippen molar-refractivity contribution in [3.63, 3.8) is 0 Å². The van der Waals surface area contributed by atoms with Crippen LogP contribution in [0, 0.1) is 0 Å². The van der Waals surface area contributed by atoms with Crippen molar-refractivity contribution in [3.05, 3.63) is 17.5 Å². The molecule has 0 aliphatic carbocycles. The van der Waals surface area contributed by atoms with Crippen LogP contribution in [-0.4, -0.2) is 44.0 Å². The van der Waals surface area contributed by atoms with Gasteiger partial charge < -0.3 is 14.4 Å². The lowest BCUT2D eigenvalue weighted by Gasteiger charge is -2.39. The van der Waals surface area contributed by atoms with E-state index in [0.717, 1.165) is 5.00 Å². The Morgan fingerprint density at radius 3 is 2.56 bits per heavy atom. The van der Waals surface area contributed by atoms with Crippen LogP contribution in [0.1, 0.15) is 12.8 Å². The van der Waals surface area contributed by atoms with Gasteiger partial charge in [0.1, 0.15) is 0 Å². The highest BCUT2D eigenvalue weighted by molar-refractivity contribution is 7.14. The summed E-state index contributed by atoms with van der Waals surface area (Å²) in [6.45, 7) is 1.28. The Bertz CT molecular complexity index is 380. The number of methoxy groups -OCH3 is 2. The molecule has 1 N–H and O–H groups in total. The molecular formula is C12H18N2O3S. The zero-order valence-electron chi connectivity index (χ0n) is 10.6. The second kappa shape index (κ2) is 5.69. The molecule has 1 saturated heterocycles. The number of anilines is 1. The molecule has 0 saturated carbocycles. The smallest absolute Gasteiger partial charge is 0.322 e. The number of rotatable bonds is 3. The molecular weight excluding hydrogens is 252 g/mol. The summed E-state index contributed by atoms with van der Waals surface area (Å²) in [6.07, 6.45) is 1.38. The topological polar surface area (TPSA) is 50.8 Å². The van der Waals surface area contributed by atoms with E-state index in [9.17, 15) is 4.79 Å². The monoisotopic (exact) mass is 270 g/mol. The number of carbonyl (C=O) groups is 1. The van der Waals surface area contributed by atoms with E-state index >= 15 is 0 Å². The summed E-state index contributed by atoms with van der Waals surface area (Å²) in [7, 11) is 3.29. The molecule has 0 aromatic carbocycles. The molecule has 1 aromatic heterocycles. The highest BCUT2D eigenvalue weighted by atomic mass is 32.1. The van der Waals surface area contributed by atoms with Gasteiger partial charge in [-0.15, -0.1) is 11.3 Å². The molecule has 0 atom stereocenters. The summed E-state index contributed by atoms with van der Waals surface area (Å²) < 4.78 is 10.8. The molecule has 18 heavy (non-hydrogen) atoms. The molecule has 0 radical (unpaired) electrons. The molecule has 1 aromatic rings. The molecule has 5 nitrogen and oxygen atoms in total. The maximum absolute atomic E-state index is 12.0. The van der Waals surface area contributed by atoms with E-state index in [1.54, 1.807) is 19.1 Å². The van der Waals surface area contributed by atoms with Crippen LogP contribution < -0.4 is 5.32 Å². The van der Waals surface area contributed by atoms with Crippen LogP contribution in [0.15, 0.2) is 17.5 Å². The molecule has 2 amide bonds. The maximum Gasteiger partial charge on any atom is 0.322 e. The molecule has 100 valence electrons. The van der Waals surface area contributed by atoms with Crippen molar-refractivity contribution in [2.75, 3.05) is 32.6 Å². The van der Waals surface area contributed by atoms with Crippen LogP contribution in [0.4, 0.5) is 9.80 Å². The molecule has 6 heteroatoms. The molecule has 2 rings (SSSR count). The number of likely N-dealkylation sites (tertiary alicyclic amines) is 1. The number of carbonyl (C=O) groups excluding carboxylic acids is 1. The number of hydrogen-bond donors (Lipinski definition) is 1. The molecule has 0 unspecified atom stereocenters. The maximum atomic E-state index is 12.0. The van der Waals surface area contributed by atoms with Crippen molar-refractivity contribution in [1.29, 1.82) is 0 Å². The van der Waals surface area contributed by atoms with E-state index in [1.807, 2.05) is 17.5 Å². The minimum Gasteiger partial charge on any atom is -0.353 e. The molecule has 0 bridgehead atoms. The van der Waals surface area contributed by atoms with E-state index < -0.39 is 5.79 Å². The van der Waals surface area contributed by atoms with Gasteiger partial charge in [0.2, 0.25) is 0 Å². The predicted octanol–water partition coefficient (Wildman–Crippen LogP) is 2.36. The summed E-state index contributed by atoms with van der Waals surface area (Å²) in [4.78, 5) is 13.8. The van der Waals surface area contributed by atoms with Gasteiger partial charge in [-0.2, -0.15) is 0 Å². The van der Waals surface area contributed by atoms with Crippen LogP contribution >= 0.6 is 11.3 Å². The van der Waals surface area contributed by atoms with E-state index in [1.165, 1.54) is 11.3 Å². The number of hydrogen-bond acceptors (Lipinski definition) is 4. The SMILES string of the molecule is COC1(OC)CCN(C(=O)Nc2cccs2)CC1. The van der Waals surface area contributed by atoms with Gasteiger partial charge in [0.05, 0.1) is 5.00 Å². The fourth-order valence-corrected chi connectivity index (χ4v) is 2.68. The normalized spacial score (nSPS) is 18.7. The van der Waals surface area contributed by atoms with E-state index in [0.29, 0.717) is 25.9 Å². The second-order valence-corrected chi connectivity index (χ2v) is 5.16. The van der Waals surface area contributed by atoms with E-state index in [2.05, 4.69) is 5.32 Å². The van der Waals surface area contributed by atoms with Crippen molar-refractivity contribution in [2.45, 2.75) is 18.6 Å². The third kappa shape index (κ3) is 2.82. The minimum atomic E-state index is -0.528. The average Bonchev–Trinajstić information content (AvgIpc) is 2.91. The van der Waals surface area contributed by atoms with Gasteiger partial charge in [-0.1, -0.05) is 0 Å². The average molecular weight is 270 g/mol. The lowest BCUT2D eigenvalue weighted by atomic mass is 10.0. The number of piperidine rings is 1. The predicted molar refractivity (Wildman–Crippen MR) is 70.9 cm³/mol. The lowest BCUT2D eigenvalue weighted by Crippen LogP contribution is -2.49. The largest absolute Gasteiger partial charge is 0.353 e. The van der Waals surface area contributed by atoms with Gasteiger partial charge in [0.15, 0.2) is 5.79 Å². The standard InChI is InChI=1S/C12H18N2O3S/c1-16-12(17-2)5-7-14(8-6-12)11(15)13-10-4-3-9-18-10/h3-4,9H,5-8H2,1-2H3,(H,13,15). The number of amides is 2. The fourth-order valence-electron chi connectivity index (χ4n) is 2.08. The molecule has 1 aliphatic heterocycles. The highest BCUT2D eigenvalue weighted by Gasteiger charge is 2.35. The summed E-state index contributed by atoms with van der Waals surface area (Å²) in [5.41, 5.74) is 0. The quantitative estimate of drug-likeness (QED) is 0.858. The summed E-state index contributed by atoms with van der Waals surface area (Å²) in [5.74, 6) is -0.528. The van der Waals surface area contributed by atoms with Gasteiger partial charge in [-0.25, -0.2) is 4.79 Å². The number of nitrogens with one attached hydrogen (secondary N) is 1.